The molecule has 0 N–H and O–H groups in total. The van der Waals surface area contributed by atoms with Gasteiger partial charge >= 0.3 is 29.6 Å². The molecule has 0 atom stereocenters. The van der Waals surface area contributed by atoms with Crippen molar-refractivity contribution in [2.24, 2.45) is 7.05 Å². The van der Waals surface area contributed by atoms with Crippen LogP contribution in [0, 0.1) is 0 Å². The molecule has 0 aliphatic carbocycles. The number of benzene rings is 2. The zero-order valence-electron chi connectivity index (χ0n) is 13.5. The second-order valence-corrected chi connectivity index (χ2v) is 5.20. The Labute approximate surface area is 161 Å². The molecule has 0 radical (unpaired) electrons. The van der Waals surface area contributed by atoms with Gasteiger partial charge in [0, 0.05) is 13.1 Å². The van der Waals surface area contributed by atoms with Gasteiger partial charge in [-0.15, -0.1) is 0 Å². The summed E-state index contributed by atoms with van der Waals surface area (Å²) in [6.07, 6.45) is 0. The number of aromatic nitrogens is 1. The summed E-state index contributed by atoms with van der Waals surface area (Å²) < 4.78 is 1.72. The largest absolute Gasteiger partial charge is 1.00 e. The fraction of sp³-hybridized carbons (Fsp3) is 0.0526. The van der Waals surface area contributed by atoms with Crippen molar-refractivity contribution in [2.75, 3.05) is 0 Å². The van der Waals surface area contributed by atoms with E-state index >= 15 is 0 Å². The van der Waals surface area contributed by atoms with Gasteiger partial charge in [0.2, 0.25) is 0 Å². The molecule has 0 bridgehead atoms. The molecule has 3 aromatic rings. The number of pyridine rings is 1. The molecule has 0 amide bonds. The van der Waals surface area contributed by atoms with E-state index < -0.39 is 11.4 Å². The number of carboxylic acid groups (broad SMARTS) is 1. The van der Waals surface area contributed by atoms with Crippen LogP contribution in [0.2, 0.25) is 0 Å². The molecule has 114 valence electrons. The molecule has 0 aliphatic heterocycles. The number of carboxylic acids is 1. The predicted octanol–water partition coefficient (Wildman–Crippen LogP) is -0.913. The molecular formula is C19H14NNaO3. The molecule has 0 fully saturated rings. The molecule has 4 nitrogen and oxygen atoms in total. The Balaban J connectivity index is 0.00000208. The normalized spacial score (nSPS) is 10.0. The zero-order valence-corrected chi connectivity index (χ0v) is 15.5. The topological polar surface area (TPSA) is 62.1 Å². The van der Waals surface area contributed by atoms with Crippen LogP contribution in [-0.2, 0) is 7.05 Å². The van der Waals surface area contributed by atoms with Gasteiger partial charge in [0.1, 0.15) is 0 Å². The van der Waals surface area contributed by atoms with Crippen LogP contribution in [0.15, 0.2) is 71.5 Å². The van der Waals surface area contributed by atoms with E-state index in [1.54, 1.807) is 35.9 Å². The molecule has 0 spiro atoms. The molecule has 24 heavy (non-hydrogen) atoms. The van der Waals surface area contributed by atoms with E-state index in [9.17, 15) is 14.7 Å². The Morgan fingerprint density at radius 3 is 1.92 bits per heavy atom. The number of hydrogen-bond donors (Lipinski definition) is 0. The van der Waals surface area contributed by atoms with Crippen molar-refractivity contribution in [3.8, 4) is 22.5 Å². The Kier molecular flexibility index (Phi) is 5.78. The summed E-state index contributed by atoms with van der Waals surface area (Å²) in [7, 11) is 1.75. The van der Waals surface area contributed by atoms with Crippen molar-refractivity contribution in [3.05, 3.63) is 82.5 Å². The molecule has 3 rings (SSSR count). The maximum atomic E-state index is 12.4. The summed E-state index contributed by atoms with van der Waals surface area (Å²) in [6, 6.07) is 19.7. The minimum absolute atomic E-state index is 0. The van der Waals surface area contributed by atoms with Gasteiger partial charge in [-0.2, -0.15) is 0 Å². The maximum absolute atomic E-state index is 12.4. The Morgan fingerprint density at radius 1 is 0.917 bits per heavy atom. The van der Waals surface area contributed by atoms with Crippen LogP contribution in [0.5, 0.6) is 0 Å². The summed E-state index contributed by atoms with van der Waals surface area (Å²) in [5, 5.41) is 11.5. The summed E-state index contributed by atoms with van der Waals surface area (Å²) in [5.74, 6) is -1.47. The van der Waals surface area contributed by atoms with E-state index in [0.717, 1.165) is 5.56 Å². The number of hydrogen-bond acceptors (Lipinski definition) is 3. The van der Waals surface area contributed by atoms with E-state index in [1.807, 2.05) is 36.4 Å². The average molecular weight is 327 g/mol. The Bertz CT molecular complexity index is 919. The SMILES string of the molecule is Cn1c(-c2ccccc2)cc(=O)c(C(=O)[O-])c1-c1ccccc1.[Na+]. The summed E-state index contributed by atoms with van der Waals surface area (Å²) in [5.41, 5.74) is 1.62. The fourth-order valence-corrected chi connectivity index (χ4v) is 2.72. The van der Waals surface area contributed by atoms with E-state index in [0.29, 0.717) is 17.0 Å². The minimum atomic E-state index is -1.47. The average Bonchev–Trinajstić information content (AvgIpc) is 2.57. The quantitative estimate of drug-likeness (QED) is 0.585. The van der Waals surface area contributed by atoms with E-state index in [4.69, 9.17) is 0 Å². The number of nitrogens with zero attached hydrogens (tertiary/aromatic N) is 1. The Hall–Kier alpha value is -2.14. The van der Waals surface area contributed by atoms with Gasteiger partial charge in [-0.1, -0.05) is 60.7 Å². The fourth-order valence-electron chi connectivity index (χ4n) is 2.72. The zero-order chi connectivity index (χ0) is 16.4. The first-order valence-corrected chi connectivity index (χ1v) is 7.16. The molecule has 5 heteroatoms. The van der Waals surface area contributed by atoms with Crippen LogP contribution >= 0.6 is 0 Å². The van der Waals surface area contributed by atoms with E-state index in [1.165, 1.54) is 6.07 Å². The van der Waals surface area contributed by atoms with Crippen LogP contribution in [0.1, 0.15) is 10.4 Å². The predicted molar refractivity (Wildman–Crippen MR) is 86.9 cm³/mol. The summed E-state index contributed by atoms with van der Waals surface area (Å²) >= 11 is 0. The van der Waals surface area contributed by atoms with Crippen LogP contribution < -0.4 is 40.1 Å². The minimum Gasteiger partial charge on any atom is -0.545 e. The van der Waals surface area contributed by atoms with Crippen molar-refractivity contribution in [2.45, 2.75) is 0 Å². The van der Waals surface area contributed by atoms with Gasteiger partial charge < -0.3 is 14.5 Å². The molecule has 1 heterocycles. The molecule has 0 saturated carbocycles. The second kappa shape index (κ2) is 7.62. The van der Waals surface area contributed by atoms with Crippen molar-refractivity contribution in [1.82, 2.24) is 4.57 Å². The van der Waals surface area contributed by atoms with Gasteiger partial charge in [0.15, 0.2) is 5.43 Å². The molecule has 1 aromatic heterocycles. The van der Waals surface area contributed by atoms with Crippen LogP contribution in [-0.4, -0.2) is 10.5 Å². The van der Waals surface area contributed by atoms with Crippen LogP contribution in [0.25, 0.3) is 22.5 Å². The third kappa shape index (κ3) is 3.36. The number of aromatic carboxylic acids is 1. The first kappa shape index (κ1) is 18.2. The van der Waals surface area contributed by atoms with Crippen LogP contribution in [0.3, 0.4) is 0 Å². The molecule has 0 aliphatic rings. The monoisotopic (exact) mass is 327 g/mol. The van der Waals surface area contributed by atoms with Gasteiger partial charge in [0.25, 0.3) is 0 Å². The summed E-state index contributed by atoms with van der Waals surface area (Å²) in [4.78, 5) is 23.9. The molecule has 2 aromatic carbocycles. The smallest absolute Gasteiger partial charge is 0.545 e. The molecule has 0 saturated heterocycles. The molecular weight excluding hydrogens is 313 g/mol. The van der Waals surface area contributed by atoms with E-state index in [-0.39, 0.29) is 35.1 Å². The first-order valence-electron chi connectivity index (χ1n) is 7.16. The maximum Gasteiger partial charge on any atom is 1.00 e. The van der Waals surface area contributed by atoms with Gasteiger partial charge in [-0.3, -0.25) is 4.79 Å². The standard InChI is InChI=1S/C19H15NO3.Na/c1-20-15(13-8-4-2-5-9-13)12-16(21)17(19(22)23)18(20)14-10-6-3-7-11-14;/h2-12H,1H3,(H,22,23);/q;+1/p-1. The number of rotatable bonds is 3. The number of carbonyl (C=O) groups excluding carboxylic acids is 1. The van der Waals surface area contributed by atoms with E-state index in [2.05, 4.69) is 0 Å². The Morgan fingerprint density at radius 2 is 1.42 bits per heavy atom. The van der Waals surface area contributed by atoms with Crippen molar-refractivity contribution >= 4 is 5.97 Å². The first-order chi connectivity index (χ1) is 11.1. The summed E-state index contributed by atoms with van der Waals surface area (Å²) in [6.45, 7) is 0. The van der Waals surface area contributed by atoms with Crippen molar-refractivity contribution in [1.29, 1.82) is 0 Å². The number of carbonyl (C=O) groups is 1. The van der Waals surface area contributed by atoms with Gasteiger partial charge in [-0.25, -0.2) is 0 Å². The van der Waals surface area contributed by atoms with Crippen molar-refractivity contribution in [3.63, 3.8) is 0 Å². The third-order valence-electron chi connectivity index (χ3n) is 3.77. The second-order valence-electron chi connectivity index (χ2n) is 5.20. The molecule has 0 unspecified atom stereocenters. The van der Waals surface area contributed by atoms with Crippen molar-refractivity contribution < 1.29 is 39.5 Å². The third-order valence-corrected chi connectivity index (χ3v) is 3.77. The van der Waals surface area contributed by atoms with Gasteiger partial charge in [-0.05, 0) is 11.1 Å². The van der Waals surface area contributed by atoms with Crippen LogP contribution in [0.4, 0.5) is 0 Å². The van der Waals surface area contributed by atoms with Gasteiger partial charge in [0.05, 0.1) is 22.9 Å².